The van der Waals surface area contributed by atoms with E-state index in [0.29, 0.717) is 0 Å². The molecule has 2 heteroatoms. The summed E-state index contributed by atoms with van der Waals surface area (Å²) in [6.45, 7) is 10.5. The van der Waals surface area contributed by atoms with Crippen LogP contribution in [0, 0.1) is 6.92 Å². The Kier molecular flexibility index (Phi) is 6.98. The van der Waals surface area contributed by atoms with E-state index < -0.39 is 0 Å². The fraction of sp³-hybridized carbons (Fsp3) is 0.600. The zero-order chi connectivity index (χ0) is 15.8. The SMILES string of the molecule is CCN(CC)CCOC(=C1CCCCC1)c1ccc(C)cc1. The third kappa shape index (κ3) is 4.88. The van der Waals surface area contributed by atoms with Crippen LogP contribution in [0.1, 0.15) is 57.1 Å². The molecule has 1 fully saturated rings. The van der Waals surface area contributed by atoms with Crippen LogP contribution in [0.25, 0.3) is 5.76 Å². The Labute approximate surface area is 136 Å². The molecule has 0 aliphatic heterocycles. The van der Waals surface area contributed by atoms with E-state index in [-0.39, 0.29) is 0 Å². The van der Waals surface area contributed by atoms with E-state index in [1.54, 1.807) is 0 Å². The van der Waals surface area contributed by atoms with Crippen molar-refractivity contribution in [2.75, 3.05) is 26.2 Å². The first-order valence-electron chi connectivity index (χ1n) is 8.88. The summed E-state index contributed by atoms with van der Waals surface area (Å²) >= 11 is 0. The fourth-order valence-electron chi connectivity index (χ4n) is 3.12. The molecule has 0 N–H and O–H groups in total. The van der Waals surface area contributed by atoms with Crippen molar-refractivity contribution in [1.82, 2.24) is 4.90 Å². The Bertz CT molecular complexity index is 463. The van der Waals surface area contributed by atoms with Crippen LogP contribution in [-0.2, 0) is 4.74 Å². The predicted molar refractivity (Wildman–Crippen MR) is 94.9 cm³/mol. The number of allylic oxidation sites excluding steroid dienone is 1. The van der Waals surface area contributed by atoms with Gasteiger partial charge >= 0.3 is 0 Å². The number of aryl methyl sites for hydroxylation is 1. The Balaban J connectivity index is 2.10. The minimum atomic E-state index is 0.786. The molecule has 1 aromatic carbocycles. The lowest BCUT2D eigenvalue weighted by atomic mass is 9.92. The van der Waals surface area contributed by atoms with Gasteiger partial charge in [-0.3, -0.25) is 0 Å². The first-order valence-corrected chi connectivity index (χ1v) is 8.88. The lowest BCUT2D eigenvalue weighted by Crippen LogP contribution is -2.27. The Morgan fingerprint density at radius 3 is 2.23 bits per heavy atom. The molecule has 1 saturated carbocycles. The summed E-state index contributed by atoms with van der Waals surface area (Å²) in [7, 11) is 0. The molecule has 122 valence electrons. The van der Waals surface area contributed by atoms with E-state index >= 15 is 0 Å². The minimum absolute atomic E-state index is 0.786. The number of likely N-dealkylation sites (N-methyl/N-ethyl adjacent to an activating group) is 1. The molecule has 2 nitrogen and oxygen atoms in total. The number of hydrogen-bond acceptors (Lipinski definition) is 2. The number of nitrogens with zero attached hydrogens (tertiary/aromatic N) is 1. The monoisotopic (exact) mass is 301 g/mol. The highest BCUT2D eigenvalue weighted by atomic mass is 16.5. The van der Waals surface area contributed by atoms with Crippen molar-refractivity contribution in [1.29, 1.82) is 0 Å². The molecule has 1 aliphatic rings. The highest BCUT2D eigenvalue weighted by Crippen LogP contribution is 2.31. The first kappa shape index (κ1) is 17.1. The Morgan fingerprint density at radius 2 is 1.64 bits per heavy atom. The van der Waals surface area contributed by atoms with Crippen molar-refractivity contribution in [3.8, 4) is 0 Å². The molecule has 0 unspecified atom stereocenters. The zero-order valence-corrected chi connectivity index (χ0v) is 14.5. The van der Waals surface area contributed by atoms with E-state index in [9.17, 15) is 0 Å². The van der Waals surface area contributed by atoms with Gasteiger partial charge < -0.3 is 9.64 Å². The maximum absolute atomic E-state index is 6.28. The summed E-state index contributed by atoms with van der Waals surface area (Å²) in [5.74, 6) is 1.16. The second-order valence-electron chi connectivity index (χ2n) is 6.23. The Hall–Kier alpha value is -1.28. The minimum Gasteiger partial charge on any atom is -0.492 e. The van der Waals surface area contributed by atoms with Gasteiger partial charge in [0, 0.05) is 12.1 Å². The van der Waals surface area contributed by atoms with Gasteiger partial charge in [-0.25, -0.2) is 0 Å². The zero-order valence-electron chi connectivity index (χ0n) is 14.5. The quantitative estimate of drug-likeness (QED) is 0.655. The van der Waals surface area contributed by atoms with Gasteiger partial charge in [-0.1, -0.05) is 50.1 Å². The van der Waals surface area contributed by atoms with Gasteiger partial charge in [0.05, 0.1) is 0 Å². The van der Waals surface area contributed by atoms with Crippen molar-refractivity contribution in [2.24, 2.45) is 0 Å². The fourth-order valence-corrected chi connectivity index (χ4v) is 3.12. The topological polar surface area (TPSA) is 12.5 Å². The standard InChI is InChI=1S/C20H31NO/c1-4-21(5-2)15-16-22-20(18-9-7-6-8-10-18)19-13-11-17(3)12-14-19/h11-14H,4-10,15-16H2,1-3H3. The van der Waals surface area contributed by atoms with Crippen molar-refractivity contribution < 1.29 is 4.74 Å². The molecule has 0 spiro atoms. The summed E-state index contributed by atoms with van der Waals surface area (Å²) in [5, 5.41) is 0. The molecule has 0 atom stereocenters. The van der Waals surface area contributed by atoms with Crippen molar-refractivity contribution >= 4 is 5.76 Å². The van der Waals surface area contributed by atoms with Gasteiger partial charge in [-0.05, 0) is 51.3 Å². The molecule has 1 aliphatic carbocycles. The lowest BCUT2D eigenvalue weighted by Gasteiger charge is -2.23. The van der Waals surface area contributed by atoms with Gasteiger partial charge in [0.2, 0.25) is 0 Å². The summed E-state index contributed by atoms with van der Waals surface area (Å²) in [6.07, 6.45) is 6.39. The average Bonchev–Trinajstić information content (AvgIpc) is 2.57. The first-order chi connectivity index (χ1) is 10.7. The van der Waals surface area contributed by atoms with Crippen molar-refractivity contribution in [3.63, 3.8) is 0 Å². The molecule has 22 heavy (non-hydrogen) atoms. The van der Waals surface area contributed by atoms with Crippen molar-refractivity contribution in [3.05, 3.63) is 41.0 Å². The molecule has 0 saturated heterocycles. The summed E-state index contributed by atoms with van der Waals surface area (Å²) in [4.78, 5) is 2.41. The third-order valence-electron chi connectivity index (χ3n) is 4.64. The second kappa shape index (κ2) is 8.99. The molecule has 0 heterocycles. The van der Waals surface area contributed by atoms with Gasteiger partial charge in [-0.2, -0.15) is 0 Å². The molecular weight excluding hydrogens is 270 g/mol. The molecule has 0 aromatic heterocycles. The third-order valence-corrected chi connectivity index (χ3v) is 4.64. The van der Waals surface area contributed by atoms with E-state index in [0.717, 1.165) is 32.0 Å². The van der Waals surface area contributed by atoms with Crippen molar-refractivity contribution in [2.45, 2.75) is 52.9 Å². The molecule has 0 amide bonds. The molecule has 1 aromatic rings. The van der Waals surface area contributed by atoms with E-state index in [4.69, 9.17) is 4.74 Å². The van der Waals surface area contributed by atoms with Crippen LogP contribution in [0.5, 0.6) is 0 Å². The number of hydrogen-bond donors (Lipinski definition) is 0. The highest BCUT2D eigenvalue weighted by molar-refractivity contribution is 5.63. The highest BCUT2D eigenvalue weighted by Gasteiger charge is 2.14. The van der Waals surface area contributed by atoms with E-state index in [2.05, 4.69) is 49.9 Å². The lowest BCUT2D eigenvalue weighted by molar-refractivity contribution is 0.199. The molecule has 0 radical (unpaired) electrons. The number of ether oxygens (including phenoxy) is 1. The van der Waals surface area contributed by atoms with Crippen LogP contribution in [0.2, 0.25) is 0 Å². The average molecular weight is 301 g/mol. The molecule has 0 bridgehead atoms. The maximum Gasteiger partial charge on any atom is 0.125 e. The smallest absolute Gasteiger partial charge is 0.125 e. The van der Waals surface area contributed by atoms with E-state index in [1.807, 2.05) is 0 Å². The van der Waals surface area contributed by atoms with Gasteiger partial charge in [0.1, 0.15) is 12.4 Å². The van der Waals surface area contributed by atoms with Gasteiger partial charge in [0.15, 0.2) is 0 Å². The van der Waals surface area contributed by atoms with Crippen LogP contribution < -0.4 is 0 Å². The maximum atomic E-state index is 6.28. The summed E-state index contributed by atoms with van der Waals surface area (Å²) in [6, 6.07) is 8.80. The molecule has 2 rings (SSSR count). The van der Waals surface area contributed by atoms with Gasteiger partial charge in [-0.15, -0.1) is 0 Å². The van der Waals surface area contributed by atoms with E-state index in [1.165, 1.54) is 48.8 Å². The predicted octanol–water partition coefficient (Wildman–Crippen LogP) is 5.03. The largest absolute Gasteiger partial charge is 0.492 e. The van der Waals surface area contributed by atoms with Crippen LogP contribution in [0.3, 0.4) is 0 Å². The van der Waals surface area contributed by atoms with Crippen LogP contribution in [-0.4, -0.2) is 31.1 Å². The summed E-state index contributed by atoms with van der Waals surface area (Å²) in [5.41, 5.74) is 4.08. The number of benzene rings is 1. The number of rotatable bonds is 7. The molecular formula is C20H31NO. The van der Waals surface area contributed by atoms with Crippen LogP contribution in [0.15, 0.2) is 29.8 Å². The normalized spacial score (nSPS) is 15.2. The Morgan fingerprint density at radius 1 is 1.00 bits per heavy atom. The second-order valence-corrected chi connectivity index (χ2v) is 6.23. The summed E-state index contributed by atoms with van der Waals surface area (Å²) < 4.78 is 6.28. The van der Waals surface area contributed by atoms with Crippen LogP contribution >= 0.6 is 0 Å². The van der Waals surface area contributed by atoms with Crippen LogP contribution in [0.4, 0.5) is 0 Å². The van der Waals surface area contributed by atoms with Gasteiger partial charge in [0.25, 0.3) is 0 Å².